The summed E-state index contributed by atoms with van der Waals surface area (Å²) in [6.45, 7) is 1.23. The number of piperidine rings is 1. The Labute approximate surface area is 99.7 Å². The molecule has 2 aliphatic heterocycles. The number of amides is 1. The van der Waals surface area contributed by atoms with Crippen LogP contribution in [0.2, 0.25) is 0 Å². The van der Waals surface area contributed by atoms with Gasteiger partial charge in [0.15, 0.2) is 0 Å². The summed E-state index contributed by atoms with van der Waals surface area (Å²) >= 11 is 0. The van der Waals surface area contributed by atoms with Crippen LogP contribution >= 0.6 is 0 Å². The first-order valence-corrected chi connectivity index (χ1v) is 6.11. The van der Waals surface area contributed by atoms with Gasteiger partial charge >= 0.3 is 6.09 Å². The highest BCUT2D eigenvalue weighted by molar-refractivity contribution is 5.71. The smallest absolute Gasteiger partial charge is 0.407 e. The van der Waals surface area contributed by atoms with Crippen LogP contribution in [-0.2, 0) is 4.74 Å². The number of ether oxygens (including phenoxy) is 1. The molecule has 0 aromatic heterocycles. The minimum Gasteiger partial charge on any atom is -0.633 e. The molecule has 1 saturated carbocycles. The van der Waals surface area contributed by atoms with Gasteiger partial charge < -0.3 is 25.0 Å². The molecule has 2 N–H and O–H groups in total. The van der Waals surface area contributed by atoms with Gasteiger partial charge in [-0.15, -0.1) is 0 Å². The van der Waals surface area contributed by atoms with Crippen molar-refractivity contribution in [1.82, 2.24) is 5.32 Å². The third-order valence-electron chi connectivity index (χ3n) is 4.68. The fourth-order valence-corrected chi connectivity index (χ4v) is 3.73. The second-order valence-electron chi connectivity index (χ2n) is 5.85. The van der Waals surface area contributed by atoms with E-state index >= 15 is 0 Å². The van der Waals surface area contributed by atoms with Crippen LogP contribution in [0.15, 0.2) is 0 Å². The number of hydrogen-bond acceptors (Lipinski definition) is 4. The lowest BCUT2D eigenvalue weighted by molar-refractivity contribution is -0.871. The molecule has 0 bridgehead atoms. The average Bonchev–Trinajstić information content (AvgIpc) is 2.73. The van der Waals surface area contributed by atoms with Crippen LogP contribution in [0, 0.1) is 17.0 Å². The number of aliphatic hydroxyl groups excluding tert-OH is 1. The molecule has 2 heterocycles. The van der Waals surface area contributed by atoms with Crippen molar-refractivity contribution in [2.75, 3.05) is 26.7 Å². The van der Waals surface area contributed by atoms with Crippen LogP contribution in [0.4, 0.5) is 4.79 Å². The first-order valence-electron chi connectivity index (χ1n) is 6.11. The zero-order valence-corrected chi connectivity index (χ0v) is 9.89. The summed E-state index contributed by atoms with van der Waals surface area (Å²) in [6.07, 6.45) is 0.408. The van der Waals surface area contributed by atoms with Gasteiger partial charge in [0, 0.05) is 12.3 Å². The quantitative estimate of drug-likeness (QED) is 0.455. The van der Waals surface area contributed by atoms with E-state index in [4.69, 9.17) is 4.74 Å². The largest absolute Gasteiger partial charge is 0.633 e. The minimum atomic E-state index is -0.716. The molecule has 17 heavy (non-hydrogen) atoms. The SMILES string of the molecule is C[N+]1([O-])CC[C@@H]2C[C@H](O)[C@@]3(COC(=O)N3)[C@@H]2C1. The molecule has 1 amide bonds. The van der Waals surface area contributed by atoms with Gasteiger partial charge in [-0.05, 0) is 12.3 Å². The van der Waals surface area contributed by atoms with Crippen LogP contribution in [-0.4, -0.2) is 54.2 Å². The van der Waals surface area contributed by atoms with Gasteiger partial charge in [-0.2, -0.15) is 0 Å². The molecule has 1 aliphatic carbocycles. The number of hydrogen-bond donors (Lipinski definition) is 2. The number of carbonyl (C=O) groups is 1. The van der Waals surface area contributed by atoms with Crippen molar-refractivity contribution in [2.24, 2.45) is 11.8 Å². The number of rotatable bonds is 0. The van der Waals surface area contributed by atoms with Crippen molar-refractivity contribution < 1.29 is 19.3 Å². The fourth-order valence-electron chi connectivity index (χ4n) is 3.73. The summed E-state index contributed by atoms with van der Waals surface area (Å²) < 4.78 is 4.67. The molecule has 1 unspecified atom stereocenters. The van der Waals surface area contributed by atoms with Crippen molar-refractivity contribution in [1.29, 1.82) is 0 Å². The number of aliphatic hydroxyl groups is 1. The maximum atomic E-state index is 12.1. The summed E-state index contributed by atoms with van der Waals surface area (Å²) in [5, 5.41) is 25.0. The van der Waals surface area contributed by atoms with E-state index in [1.165, 1.54) is 0 Å². The van der Waals surface area contributed by atoms with E-state index in [0.717, 1.165) is 6.42 Å². The zero-order chi connectivity index (χ0) is 12.3. The molecule has 3 rings (SSSR count). The maximum absolute atomic E-state index is 12.1. The summed E-state index contributed by atoms with van der Waals surface area (Å²) in [6, 6.07) is 0. The topological polar surface area (TPSA) is 81.6 Å². The lowest BCUT2D eigenvalue weighted by Gasteiger charge is -2.48. The standard InChI is InChI=1S/C11H18N2O4/c1-13(16)3-2-7-4-9(14)11(8(7)5-13)6-17-10(15)12-11/h7-9,14H,2-6H2,1H3,(H,12,15)/t7-,8-,9+,11-,13?/m1/s1. The number of cyclic esters (lactones) is 1. The van der Waals surface area contributed by atoms with Gasteiger partial charge in [0.2, 0.25) is 0 Å². The van der Waals surface area contributed by atoms with Crippen LogP contribution < -0.4 is 5.32 Å². The van der Waals surface area contributed by atoms with E-state index in [2.05, 4.69) is 5.32 Å². The van der Waals surface area contributed by atoms with E-state index < -0.39 is 17.7 Å². The molecule has 0 aromatic rings. The third kappa shape index (κ3) is 1.55. The second-order valence-corrected chi connectivity index (χ2v) is 5.85. The Bertz CT molecular complexity index is 359. The molecule has 96 valence electrons. The van der Waals surface area contributed by atoms with Gasteiger partial charge in [-0.3, -0.25) is 0 Å². The Balaban J connectivity index is 1.90. The van der Waals surface area contributed by atoms with Crippen LogP contribution in [0.25, 0.3) is 0 Å². The Morgan fingerprint density at radius 1 is 1.65 bits per heavy atom. The Morgan fingerprint density at radius 2 is 2.41 bits per heavy atom. The van der Waals surface area contributed by atoms with Gasteiger partial charge in [0.1, 0.15) is 12.1 Å². The fraction of sp³-hybridized carbons (Fsp3) is 0.909. The van der Waals surface area contributed by atoms with Crippen molar-refractivity contribution in [3.63, 3.8) is 0 Å². The number of likely N-dealkylation sites (tertiary alicyclic amines) is 1. The van der Waals surface area contributed by atoms with Gasteiger partial charge in [-0.1, -0.05) is 0 Å². The highest BCUT2D eigenvalue weighted by Gasteiger charge is 2.61. The first-order chi connectivity index (χ1) is 7.93. The van der Waals surface area contributed by atoms with Crippen molar-refractivity contribution in [3.8, 4) is 0 Å². The van der Waals surface area contributed by atoms with Gasteiger partial charge in [0.05, 0.1) is 26.2 Å². The van der Waals surface area contributed by atoms with E-state index in [9.17, 15) is 15.1 Å². The highest BCUT2D eigenvalue weighted by Crippen LogP contribution is 2.47. The minimum absolute atomic E-state index is 0.0280. The lowest BCUT2D eigenvalue weighted by atomic mass is 9.79. The third-order valence-corrected chi connectivity index (χ3v) is 4.68. The summed E-state index contributed by atoms with van der Waals surface area (Å²) in [5.41, 5.74) is -0.716. The molecule has 3 aliphatic rings. The molecule has 0 aromatic carbocycles. The number of nitrogens with one attached hydrogen (secondary N) is 1. The molecule has 0 radical (unpaired) electrons. The Hall–Kier alpha value is -0.850. The van der Waals surface area contributed by atoms with Crippen LogP contribution in [0.5, 0.6) is 0 Å². The summed E-state index contributed by atoms with van der Waals surface area (Å²) in [7, 11) is 1.66. The maximum Gasteiger partial charge on any atom is 0.407 e. The van der Waals surface area contributed by atoms with Gasteiger partial charge in [-0.25, -0.2) is 4.79 Å². The van der Waals surface area contributed by atoms with E-state index in [1.807, 2.05) is 0 Å². The molecular formula is C11H18N2O4. The van der Waals surface area contributed by atoms with Crippen molar-refractivity contribution in [3.05, 3.63) is 5.21 Å². The van der Waals surface area contributed by atoms with Crippen molar-refractivity contribution >= 4 is 6.09 Å². The highest BCUT2D eigenvalue weighted by atomic mass is 16.6. The monoisotopic (exact) mass is 242 g/mol. The van der Waals surface area contributed by atoms with Crippen molar-refractivity contribution in [2.45, 2.75) is 24.5 Å². The number of quaternary nitrogens is 1. The first kappa shape index (κ1) is 11.3. The van der Waals surface area contributed by atoms with Crippen LogP contribution in [0.1, 0.15) is 12.8 Å². The number of hydroxylamine groups is 3. The van der Waals surface area contributed by atoms with Gasteiger partial charge in [0.25, 0.3) is 0 Å². The Morgan fingerprint density at radius 3 is 3.06 bits per heavy atom. The number of nitrogens with zero attached hydrogens (tertiary/aromatic N) is 1. The number of fused-ring (bicyclic) bond motifs is 2. The summed E-state index contributed by atoms with van der Waals surface area (Å²) in [5.74, 6) is 0.354. The van der Waals surface area contributed by atoms with E-state index in [-0.39, 0.29) is 17.2 Å². The molecule has 6 nitrogen and oxygen atoms in total. The molecular weight excluding hydrogens is 224 g/mol. The predicted molar refractivity (Wildman–Crippen MR) is 58.7 cm³/mol. The van der Waals surface area contributed by atoms with Crippen LogP contribution in [0.3, 0.4) is 0 Å². The predicted octanol–water partition coefficient (Wildman–Crippen LogP) is -0.190. The zero-order valence-electron chi connectivity index (χ0n) is 9.89. The molecule has 3 fully saturated rings. The normalized spacial score (nSPS) is 53.4. The van der Waals surface area contributed by atoms with E-state index in [1.54, 1.807) is 7.05 Å². The molecule has 1 spiro atoms. The molecule has 6 heteroatoms. The summed E-state index contributed by atoms with van der Waals surface area (Å²) in [4.78, 5) is 11.3. The average molecular weight is 242 g/mol. The number of carbonyl (C=O) groups excluding carboxylic acids is 1. The van der Waals surface area contributed by atoms with E-state index in [0.29, 0.717) is 25.4 Å². The number of alkyl carbamates (subject to hydrolysis) is 1. The lowest BCUT2D eigenvalue weighted by Crippen LogP contribution is -2.61. The Kier molecular flexibility index (Phi) is 2.21. The second kappa shape index (κ2) is 3.34. The molecule has 5 atom stereocenters. The molecule has 2 saturated heterocycles.